The van der Waals surface area contributed by atoms with Crippen LogP contribution in [0.15, 0.2) is 273 Å². The maximum absolute atomic E-state index is 2.46. The fraction of sp³-hybridized carbons (Fsp3) is 0.0149. The Morgan fingerprint density at radius 1 is 0.290 bits per heavy atom. The van der Waals surface area contributed by atoms with Gasteiger partial charge in [0.15, 0.2) is 0 Å². The van der Waals surface area contributed by atoms with Gasteiger partial charge < -0.3 is 4.90 Å². The quantitative estimate of drug-likeness (QED) is 0.140. The zero-order valence-corrected chi connectivity index (χ0v) is 38.7. The Morgan fingerprint density at radius 2 is 0.739 bits per heavy atom. The first-order valence-corrected chi connectivity index (χ1v) is 24.6. The summed E-state index contributed by atoms with van der Waals surface area (Å²) in [5.74, 6) is 0. The number of anilines is 3. The van der Waals surface area contributed by atoms with E-state index < -0.39 is 5.41 Å². The van der Waals surface area contributed by atoms with Crippen LogP contribution in [0, 0.1) is 0 Å². The van der Waals surface area contributed by atoms with Gasteiger partial charge in [0.2, 0.25) is 0 Å². The molecule has 324 valence electrons. The molecule has 0 atom stereocenters. The molecule has 0 saturated carbocycles. The monoisotopic (exact) mass is 895 g/mol. The highest BCUT2D eigenvalue weighted by Gasteiger charge is 2.46. The van der Waals surface area contributed by atoms with Gasteiger partial charge in [-0.2, -0.15) is 0 Å². The molecule has 0 radical (unpaired) electrons. The van der Waals surface area contributed by atoms with E-state index in [0.29, 0.717) is 0 Å². The van der Waals surface area contributed by atoms with Crippen molar-refractivity contribution >= 4 is 48.6 Å². The second-order valence-electron chi connectivity index (χ2n) is 18.0. The third-order valence-corrected chi connectivity index (χ3v) is 15.4. The summed E-state index contributed by atoms with van der Waals surface area (Å²) >= 11 is 1.89. The van der Waals surface area contributed by atoms with Gasteiger partial charge in [-0.1, -0.05) is 231 Å². The predicted molar refractivity (Wildman–Crippen MR) is 293 cm³/mol. The van der Waals surface area contributed by atoms with E-state index in [1.165, 1.54) is 98.1 Å². The van der Waals surface area contributed by atoms with Crippen molar-refractivity contribution in [3.8, 4) is 55.6 Å². The zero-order chi connectivity index (χ0) is 45.7. The lowest BCUT2D eigenvalue weighted by Crippen LogP contribution is -2.28. The van der Waals surface area contributed by atoms with Crippen LogP contribution in [0.2, 0.25) is 0 Å². The smallest absolute Gasteiger partial charge is 0.0714 e. The minimum atomic E-state index is -0.516. The van der Waals surface area contributed by atoms with E-state index in [4.69, 9.17) is 0 Å². The minimum Gasteiger partial charge on any atom is -0.310 e. The topological polar surface area (TPSA) is 3.24 Å². The van der Waals surface area contributed by atoms with Gasteiger partial charge >= 0.3 is 0 Å². The van der Waals surface area contributed by atoms with E-state index in [1.807, 2.05) is 11.3 Å². The van der Waals surface area contributed by atoms with E-state index in [2.05, 4.69) is 278 Å². The molecule has 0 saturated heterocycles. The first kappa shape index (κ1) is 40.7. The molecule has 2 heteroatoms. The van der Waals surface area contributed by atoms with Crippen LogP contribution in [-0.2, 0) is 5.41 Å². The van der Waals surface area contributed by atoms with Crippen molar-refractivity contribution in [2.24, 2.45) is 0 Å². The zero-order valence-electron chi connectivity index (χ0n) is 37.8. The third-order valence-electron chi connectivity index (χ3n) is 14.2. The van der Waals surface area contributed by atoms with Crippen LogP contribution in [-0.4, -0.2) is 0 Å². The number of nitrogens with zero attached hydrogens (tertiary/aromatic N) is 1. The van der Waals surface area contributed by atoms with Crippen LogP contribution in [0.3, 0.4) is 0 Å². The second-order valence-corrected chi connectivity index (χ2v) is 19.0. The Labute approximate surface area is 407 Å². The molecule has 12 aromatic rings. The average Bonchev–Trinajstić information content (AvgIpc) is 3.96. The van der Waals surface area contributed by atoms with Gasteiger partial charge in [-0.3, -0.25) is 0 Å². The van der Waals surface area contributed by atoms with Gasteiger partial charge in [0.1, 0.15) is 0 Å². The minimum absolute atomic E-state index is 0.516. The van der Waals surface area contributed by atoms with Gasteiger partial charge in [-0.15, -0.1) is 11.3 Å². The molecule has 11 aromatic carbocycles. The summed E-state index contributed by atoms with van der Waals surface area (Å²) < 4.78 is 2.61. The van der Waals surface area contributed by atoms with Crippen LogP contribution in [0.25, 0.3) is 75.8 Å². The molecular weight excluding hydrogens is 851 g/mol. The SMILES string of the molecule is c1ccc(-c2ccc(-c3c(-c4ccc(N(c5ccc(-c6ccccc6)cc5)c5ccc6c(c5)C(c5ccccc5)(c5ccccc5)c5ccccc5-6)cc4)ccc4c3sc3ccccc34)cc2)cc1. The molecular formula is C67H45NS. The van der Waals surface area contributed by atoms with Gasteiger partial charge in [0.25, 0.3) is 0 Å². The molecule has 13 rings (SSSR count). The largest absolute Gasteiger partial charge is 0.310 e. The highest BCUT2D eigenvalue weighted by atomic mass is 32.1. The normalized spacial score (nSPS) is 12.5. The summed E-state index contributed by atoms with van der Waals surface area (Å²) in [6, 6.07) is 100. The predicted octanol–water partition coefficient (Wildman–Crippen LogP) is 18.6. The van der Waals surface area contributed by atoms with E-state index in [1.54, 1.807) is 0 Å². The summed E-state index contributed by atoms with van der Waals surface area (Å²) in [5.41, 5.74) is 20.1. The number of thiophene rings is 1. The molecule has 1 aliphatic carbocycles. The second kappa shape index (κ2) is 16.9. The van der Waals surface area contributed by atoms with Crippen molar-refractivity contribution in [2.45, 2.75) is 5.41 Å². The molecule has 1 aliphatic rings. The summed E-state index contributed by atoms with van der Waals surface area (Å²) in [6.07, 6.45) is 0. The van der Waals surface area contributed by atoms with E-state index >= 15 is 0 Å². The van der Waals surface area contributed by atoms with Crippen LogP contribution in [0.5, 0.6) is 0 Å². The highest BCUT2D eigenvalue weighted by molar-refractivity contribution is 7.26. The third kappa shape index (κ3) is 6.83. The Bertz CT molecular complexity index is 3740. The van der Waals surface area contributed by atoms with E-state index in [9.17, 15) is 0 Å². The van der Waals surface area contributed by atoms with Gasteiger partial charge in [0.05, 0.1) is 5.41 Å². The Morgan fingerprint density at radius 3 is 1.36 bits per heavy atom. The maximum Gasteiger partial charge on any atom is 0.0714 e. The maximum atomic E-state index is 2.46. The Kier molecular flexibility index (Phi) is 10.00. The van der Waals surface area contributed by atoms with Crippen LogP contribution in [0.4, 0.5) is 17.1 Å². The lowest BCUT2D eigenvalue weighted by Gasteiger charge is -2.35. The number of hydrogen-bond acceptors (Lipinski definition) is 2. The summed E-state index contributed by atoms with van der Waals surface area (Å²) in [6.45, 7) is 0. The lowest BCUT2D eigenvalue weighted by atomic mass is 9.67. The fourth-order valence-corrected chi connectivity index (χ4v) is 12.3. The van der Waals surface area contributed by atoms with Crippen molar-refractivity contribution < 1.29 is 0 Å². The van der Waals surface area contributed by atoms with Crippen molar-refractivity contribution in [2.75, 3.05) is 4.90 Å². The van der Waals surface area contributed by atoms with Gasteiger partial charge in [-0.25, -0.2) is 0 Å². The van der Waals surface area contributed by atoms with E-state index in [0.717, 1.165) is 17.1 Å². The van der Waals surface area contributed by atoms with Crippen molar-refractivity contribution in [1.82, 2.24) is 0 Å². The molecule has 1 aromatic heterocycles. The first-order valence-electron chi connectivity index (χ1n) is 23.7. The molecule has 1 nitrogen and oxygen atoms in total. The first-order chi connectivity index (χ1) is 34.2. The Hall–Kier alpha value is -8.56. The molecule has 0 unspecified atom stereocenters. The standard InChI is InChI=1S/C67H45NS/c1-5-17-46(18-6-1)48-29-31-51(32-30-48)65-57(43-44-61-60-26-14-16-28-64(60)69-66(61)65)50-35-39-55(40-36-50)68(54-37-33-49(34-38-54)47-19-7-2-8-20-47)56-41-42-59-58-25-13-15-27-62(58)67(63(59)45-56,52-21-9-3-10-22-52)53-23-11-4-12-24-53/h1-45H. The molecule has 69 heavy (non-hydrogen) atoms. The summed E-state index contributed by atoms with van der Waals surface area (Å²) in [5, 5.41) is 2.60. The van der Waals surface area contributed by atoms with Crippen LogP contribution >= 0.6 is 11.3 Å². The molecule has 1 heterocycles. The number of benzene rings is 11. The average molecular weight is 896 g/mol. The van der Waals surface area contributed by atoms with Gasteiger partial charge in [0, 0.05) is 42.8 Å². The summed E-state index contributed by atoms with van der Waals surface area (Å²) in [4.78, 5) is 2.43. The molecule has 0 bridgehead atoms. The molecule has 0 fully saturated rings. The van der Waals surface area contributed by atoms with Crippen LogP contribution in [0.1, 0.15) is 22.3 Å². The molecule has 0 aliphatic heterocycles. The highest BCUT2D eigenvalue weighted by Crippen LogP contribution is 2.57. The lowest BCUT2D eigenvalue weighted by molar-refractivity contribution is 0.768. The van der Waals surface area contributed by atoms with E-state index in [-0.39, 0.29) is 0 Å². The number of hydrogen-bond donors (Lipinski definition) is 0. The van der Waals surface area contributed by atoms with Crippen LogP contribution < -0.4 is 4.90 Å². The molecule has 0 spiro atoms. The summed E-state index contributed by atoms with van der Waals surface area (Å²) in [7, 11) is 0. The fourth-order valence-electron chi connectivity index (χ4n) is 11.0. The number of rotatable bonds is 9. The number of fused-ring (bicyclic) bond motifs is 6. The van der Waals surface area contributed by atoms with Gasteiger partial charge in [-0.05, 0) is 115 Å². The Balaban J connectivity index is 0.980. The molecule has 0 amide bonds. The molecule has 0 N–H and O–H groups in total. The van der Waals surface area contributed by atoms with Crippen molar-refractivity contribution in [3.05, 3.63) is 295 Å². The van der Waals surface area contributed by atoms with Crippen molar-refractivity contribution in [3.63, 3.8) is 0 Å². The van der Waals surface area contributed by atoms with Crippen molar-refractivity contribution in [1.29, 1.82) is 0 Å².